The highest BCUT2D eigenvalue weighted by Crippen LogP contribution is 2.22. The van der Waals surface area contributed by atoms with Crippen molar-refractivity contribution in [2.24, 2.45) is 5.92 Å². The van der Waals surface area contributed by atoms with Crippen molar-refractivity contribution in [1.29, 1.82) is 0 Å². The van der Waals surface area contributed by atoms with Crippen LogP contribution in [0.3, 0.4) is 0 Å². The van der Waals surface area contributed by atoms with E-state index in [-0.39, 0.29) is 6.61 Å². The maximum absolute atomic E-state index is 9.02. The van der Waals surface area contributed by atoms with Crippen molar-refractivity contribution in [3.8, 4) is 0 Å². The summed E-state index contributed by atoms with van der Waals surface area (Å²) in [6.45, 7) is 4.58. The molecule has 15 heavy (non-hydrogen) atoms. The van der Waals surface area contributed by atoms with Gasteiger partial charge >= 0.3 is 0 Å². The Morgan fingerprint density at radius 3 is 2.87 bits per heavy atom. The highest BCUT2D eigenvalue weighted by atomic mass is 16.3. The Morgan fingerprint density at radius 2 is 2.20 bits per heavy atom. The Morgan fingerprint density at radius 1 is 1.47 bits per heavy atom. The van der Waals surface area contributed by atoms with E-state index in [4.69, 9.17) is 5.11 Å². The number of pyridine rings is 1. The van der Waals surface area contributed by atoms with Crippen molar-refractivity contribution in [1.82, 2.24) is 4.98 Å². The zero-order valence-electron chi connectivity index (χ0n) is 9.19. The van der Waals surface area contributed by atoms with Crippen LogP contribution in [0.1, 0.15) is 25.5 Å². The fourth-order valence-corrected chi connectivity index (χ4v) is 2.02. The van der Waals surface area contributed by atoms with Gasteiger partial charge in [-0.25, -0.2) is 0 Å². The van der Waals surface area contributed by atoms with Crippen molar-refractivity contribution in [3.63, 3.8) is 0 Å². The average Bonchev–Trinajstić information content (AvgIpc) is 2.30. The Hall–Kier alpha value is -1.09. The molecule has 0 unspecified atom stereocenters. The molecule has 1 N–H and O–H groups in total. The molecule has 3 heteroatoms. The minimum Gasteiger partial charge on any atom is -0.390 e. The van der Waals surface area contributed by atoms with Gasteiger partial charge in [0.05, 0.1) is 12.3 Å². The third-order valence-electron chi connectivity index (χ3n) is 3.11. The van der Waals surface area contributed by atoms with Gasteiger partial charge in [0.15, 0.2) is 0 Å². The molecule has 0 amide bonds. The second-order valence-electron chi connectivity index (χ2n) is 4.33. The summed E-state index contributed by atoms with van der Waals surface area (Å²) in [6, 6.07) is 4.01. The number of hydrogen-bond donors (Lipinski definition) is 1. The molecule has 0 aliphatic carbocycles. The first-order chi connectivity index (χ1) is 7.29. The molecule has 0 radical (unpaired) electrons. The number of aromatic nitrogens is 1. The van der Waals surface area contributed by atoms with Gasteiger partial charge in [-0.15, -0.1) is 0 Å². The predicted octanol–water partition coefficient (Wildman–Crippen LogP) is 1.81. The van der Waals surface area contributed by atoms with Crippen LogP contribution in [-0.2, 0) is 6.61 Å². The number of aliphatic hydroxyl groups excluding tert-OH is 1. The molecule has 2 heterocycles. The summed E-state index contributed by atoms with van der Waals surface area (Å²) in [5, 5.41) is 9.02. The molecule has 1 fully saturated rings. The minimum absolute atomic E-state index is 0.0259. The van der Waals surface area contributed by atoms with Crippen LogP contribution in [0.25, 0.3) is 0 Å². The molecule has 0 saturated carbocycles. The molecular formula is C12H18N2O. The first-order valence-electron chi connectivity index (χ1n) is 5.60. The van der Waals surface area contributed by atoms with E-state index >= 15 is 0 Å². The molecule has 0 bridgehead atoms. The number of rotatable bonds is 2. The lowest BCUT2D eigenvalue weighted by Gasteiger charge is -2.32. The summed E-state index contributed by atoms with van der Waals surface area (Å²) < 4.78 is 0. The predicted molar refractivity (Wildman–Crippen MR) is 60.8 cm³/mol. The third-order valence-corrected chi connectivity index (χ3v) is 3.11. The SMILES string of the molecule is CC1CCN(c2ccnc(CO)c2)CC1. The van der Waals surface area contributed by atoms with Crippen LogP contribution in [0.4, 0.5) is 5.69 Å². The monoisotopic (exact) mass is 206 g/mol. The van der Waals surface area contributed by atoms with E-state index in [1.807, 2.05) is 12.1 Å². The van der Waals surface area contributed by atoms with Gasteiger partial charge in [-0.1, -0.05) is 6.92 Å². The number of nitrogens with zero attached hydrogens (tertiary/aromatic N) is 2. The summed E-state index contributed by atoms with van der Waals surface area (Å²) >= 11 is 0. The van der Waals surface area contributed by atoms with Gasteiger partial charge in [0, 0.05) is 25.0 Å². The summed E-state index contributed by atoms with van der Waals surface area (Å²) in [6.07, 6.45) is 4.30. The van der Waals surface area contributed by atoms with Crippen molar-refractivity contribution in [2.75, 3.05) is 18.0 Å². The molecule has 0 atom stereocenters. The fraction of sp³-hybridized carbons (Fsp3) is 0.583. The molecule has 2 rings (SSSR count). The van der Waals surface area contributed by atoms with E-state index in [0.29, 0.717) is 0 Å². The lowest BCUT2D eigenvalue weighted by molar-refractivity contribution is 0.277. The van der Waals surface area contributed by atoms with Crippen molar-refractivity contribution in [2.45, 2.75) is 26.4 Å². The van der Waals surface area contributed by atoms with Gasteiger partial charge in [-0.2, -0.15) is 0 Å². The van der Waals surface area contributed by atoms with Gasteiger partial charge in [0.2, 0.25) is 0 Å². The van der Waals surface area contributed by atoms with E-state index in [0.717, 1.165) is 24.7 Å². The summed E-state index contributed by atoms with van der Waals surface area (Å²) in [5.74, 6) is 0.848. The molecule has 1 aromatic rings. The van der Waals surface area contributed by atoms with Gasteiger partial charge in [0.25, 0.3) is 0 Å². The van der Waals surface area contributed by atoms with Crippen LogP contribution in [0, 0.1) is 5.92 Å². The standard InChI is InChI=1S/C12H18N2O/c1-10-3-6-14(7-4-10)12-2-5-13-11(8-12)9-15/h2,5,8,10,15H,3-4,6-7,9H2,1H3. The van der Waals surface area contributed by atoms with Gasteiger partial charge < -0.3 is 10.0 Å². The quantitative estimate of drug-likeness (QED) is 0.801. The molecule has 1 aliphatic rings. The molecular weight excluding hydrogens is 188 g/mol. The third kappa shape index (κ3) is 2.48. The lowest BCUT2D eigenvalue weighted by atomic mass is 9.99. The molecule has 3 nitrogen and oxygen atoms in total. The van der Waals surface area contributed by atoms with Crippen LogP contribution in [0.2, 0.25) is 0 Å². The topological polar surface area (TPSA) is 36.4 Å². The first kappa shape index (κ1) is 10.4. The number of aliphatic hydroxyl groups is 1. The summed E-state index contributed by atoms with van der Waals surface area (Å²) in [7, 11) is 0. The number of anilines is 1. The maximum Gasteiger partial charge on any atom is 0.0853 e. The van der Waals surface area contributed by atoms with Crippen LogP contribution >= 0.6 is 0 Å². The molecule has 1 aliphatic heterocycles. The Bertz CT molecular complexity index is 319. The Balaban J connectivity index is 2.08. The van der Waals surface area contributed by atoms with E-state index in [2.05, 4.69) is 16.8 Å². The van der Waals surface area contributed by atoms with E-state index in [1.54, 1.807) is 6.20 Å². The van der Waals surface area contributed by atoms with Gasteiger partial charge in [-0.05, 0) is 30.9 Å². The number of piperidine rings is 1. The fourth-order valence-electron chi connectivity index (χ4n) is 2.02. The molecule has 0 spiro atoms. The van der Waals surface area contributed by atoms with Crippen LogP contribution < -0.4 is 4.90 Å². The van der Waals surface area contributed by atoms with Gasteiger partial charge in [-0.3, -0.25) is 4.98 Å². The van der Waals surface area contributed by atoms with E-state index < -0.39 is 0 Å². The second-order valence-corrected chi connectivity index (χ2v) is 4.33. The minimum atomic E-state index is 0.0259. The number of hydrogen-bond acceptors (Lipinski definition) is 3. The Kier molecular flexibility index (Phi) is 3.21. The summed E-state index contributed by atoms with van der Waals surface area (Å²) in [5.41, 5.74) is 1.95. The largest absolute Gasteiger partial charge is 0.390 e. The van der Waals surface area contributed by atoms with Gasteiger partial charge in [0.1, 0.15) is 0 Å². The van der Waals surface area contributed by atoms with Crippen molar-refractivity contribution < 1.29 is 5.11 Å². The lowest BCUT2D eigenvalue weighted by Crippen LogP contribution is -2.32. The molecule has 1 aromatic heterocycles. The first-order valence-corrected chi connectivity index (χ1v) is 5.60. The zero-order valence-corrected chi connectivity index (χ0v) is 9.19. The maximum atomic E-state index is 9.02. The second kappa shape index (κ2) is 4.62. The van der Waals surface area contributed by atoms with Crippen molar-refractivity contribution in [3.05, 3.63) is 24.0 Å². The molecule has 1 saturated heterocycles. The van der Waals surface area contributed by atoms with Crippen LogP contribution in [-0.4, -0.2) is 23.2 Å². The Labute approximate surface area is 90.8 Å². The van der Waals surface area contributed by atoms with Crippen LogP contribution in [0.5, 0.6) is 0 Å². The van der Waals surface area contributed by atoms with Crippen molar-refractivity contribution >= 4 is 5.69 Å². The normalized spacial score (nSPS) is 18.1. The van der Waals surface area contributed by atoms with Crippen LogP contribution in [0.15, 0.2) is 18.3 Å². The smallest absolute Gasteiger partial charge is 0.0853 e. The highest BCUT2D eigenvalue weighted by Gasteiger charge is 2.15. The highest BCUT2D eigenvalue weighted by molar-refractivity contribution is 5.46. The molecule has 82 valence electrons. The zero-order chi connectivity index (χ0) is 10.7. The van der Waals surface area contributed by atoms with E-state index in [9.17, 15) is 0 Å². The average molecular weight is 206 g/mol. The van der Waals surface area contributed by atoms with E-state index in [1.165, 1.54) is 18.5 Å². The summed E-state index contributed by atoms with van der Waals surface area (Å²) in [4.78, 5) is 6.47. The molecule has 0 aromatic carbocycles.